The van der Waals surface area contributed by atoms with Gasteiger partial charge in [0.2, 0.25) is 5.82 Å². The van der Waals surface area contributed by atoms with Crippen LogP contribution in [-0.2, 0) is 20.2 Å². The zero-order valence-electron chi connectivity index (χ0n) is 11.8. The smallest absolute Gasteiger partial charge is 0.310 e. The summed E-state index contributed by atoms with van der Waals surface area (Å²) in [5, 5.41) is 25.6. The number of aryl methyl sites for hydroxylation is 1. The van der Waals surface area contributed by atoms with E-state index in [1.54, 1.807) is 19.2 Å². The first-order chi connectivity index (χ1) is 10.1. The quantitative estimate of drug-likeness (QED) is 0.594. The van der Waals surface area contributed by atoms with E-state index in [0.717, 1.165) is 12.1 Å². The summed E-state index contributed by atoms with van der Waals surface area (Å²) in [6.45, 7) is 3.45. The average molecular weight is 292 g/mol. The second-order valence-electron chi connectivity index (χ2n) is 4.32. The molecule has 0 bridgehead atoms. The highest BCUT2D eigenvalue weighted by Crippen LogP contribution is 2.28. The fourth-order valence-corrected chi connectivity index (χ4v) is 1.73. The molecule has 0 aliphatic carbocycles. The van der Waals surface area contributed by atoms with E-state index in [2.05, 4.69) is 20.7 Å². The summed E-state index contributed by atoms with van der Waals surface area (Å²) in [6.07, 6.45) is 0. The fraction of sp³-hybridized carbons (Fsp3) is 0.417. The first kappa shape index (κ1) is 14.9. The van der Waals surface area contributed by atoms with Gasteiger partial charge in [0, 0.05) is 12.6 Å². The lowest BCUT2D eigenvalue weighted by Crippen LogP contribution is -2.12. The molecule has 2 aromatic rings. The van der Waals surface area contributed by atoms with Crippen LogP contribution in [0.1, 0.15) is 18.3 Å². The van der Waals surface area contributed by atoms with Crippen LogP contribution in [0.2, 0.25) is 0 Å². The topological polar surface area (TPSA) is 108 Å². The van der Waals surface area contributed by atoms with Crippen LogP contribution in [0.15, 0.2) is 18.2 Å². The van der Waals surface area contributed by atoms with Gasteiger partial charge < -0.3 is 10.1 Å². The molecule has 0 saturated heterocycles. The molecule has 0 fully saturated rings. The van der Waals surface area contributed by atoms with Gasteiger partial charge in [0.1, 0.15) is 0 Å². The largest absolute Gasteiger partial charge is 0.478 e. The van der Waals surface area contributed by atoms with Gasteiger partial charge in [0.15, 0.2) is 12.4 Å². The first-order valence-electron chi connectivity index (χ1n) is 6.44. The van der Waals surface area contributed by atoms with Gasteiger partial charge in [-0.25, -0.2) is 0 Å². The molecule has 112 valence electrons. The third-order valence-electron chi connectivity index (χ3n) is 2.71. The standard InChI is InChI=1S/C12H16N6O3/c1-3-13-7-9-4-5-10(18(19)20)11(6-9)21-8-12-14-16-17(2)15-12/h4-6,13H,3,7-8H2,1-2H3. The van der Waals surface area contributed by atoms with E-state index in [0.29, 0.717) is 12.4 Å². The summed E-state index contributed by atoms with van der Waals surface area (Å²) in [5.74, 6) is 0.562. The van der Waals surface area contributed by atoms with Gasteiger partial charge in [-0.15, -0.1) is 10.2 Å². The molecule has 2 rings (SSSR count). The zero-order valence-corrected chi connectivity index (χ0v) is 11.8. The molecule has 0 spiro atoms. The number of hydrogen-bond acceptors (Lipinski definition) is 7. The molecular formula is C12H16N6O3. The second-order valence-corrected chi connectivity index (χ2v) is 4.32. The van der Waals surface area contributed by atoms with Crippen LogP contribution in [-0.4, -0.2) is 31.7 Å². The number of ether oxygens (including phenoxy) is 1. The predicted octanol–water partition coefficient (Wildman–Crippen LogP) is 0.807. The normalized spacial score (nSPS) is 10.6. The molecular weight excluding hydrogens is 276 g/mol. The summed E-state index contributed by atoms with van der Waals surface area (Å²) < 4.78 is 5.47. The van der Waals surface area contributed by atoms with Gasteiger partial charge in [0.25, 0.3) is 0 Å². The molecule has 21 heavy (non-hydrogen) atoms. The maximum absolute atomic E-state index is 11.0. The van der Waals surface area contributed by atoms with Crippen LogP contribution in [0.3, 0.4) is 0 Å². The van der Waals surface area contributed by atoms with Crippen molar-refractivity contribution in [3.63, 3.8) is 0 Å². The number of aromatic nitrogens is 4. The maximum Gasteiger partial charge on any atom is 0.310 e. The van der Waals surface area contributed by atoms with E-state index in [1.807, 2.05) is 6.92 Å². The average Bonchev–Trinajstić information content (AvgIpc) is 2.88. The minimum atomic E-state index is -0.476. The predicted molar refractivity (Wildman–Crippen MR) is 73.6 cm³/mol. The zero-order chi connectivity index (χ0) is 15.2. The number of rotatable bonds is 7. The van der Waals surface area contributed by atoms with Gasteiger partial charge in [-0.1, -0.05) is 13.0 Å². The lowest BCUT2D eigenvalue weighted by Gasteiger charge is -2.07. The van der Waals surface area contributed by atoms with E-state index in [1.165, 1.54) is 10.9 Å². The molecule has 1 heterocycles. The van der Waals surface area contributed by atoms with Gasteiger partial charge in [-0.3, -0.25) is 10.1 Å². The number of nitro benzene ring substituents is 1. The van der Waals surface area contributed by atoms with Crippen LogP contribution in [0.25, 0.3) is 0 Å². The molecule has 0 unspecified atom stereocenters. The number of nitrogens with one attached hydrogen (secondary N) is 1. The molecule has 0 aliphatic rings. The highest BCUT2D eigenvalue weighted by Gasteiger charge is 2.16. The van der Waals surface area contributed by atoms with Gasteiger partial charge >= 0.3 is 5.69 Å². The summed E-state index contributed by atoms with van der Waals surface area (Å²) in [5.41, 5.74) is 0.823. The first-order valence-corrected chi connectivity index (χ1v) is 6.44. The van der Waals surface area contributed by atoms with Gasteiger partial charge in [0.05, 0.1) is 12.0 Å². The fourth-order valence-electron chi connectivity index (χ4n) is 1.73. The minimum Gasteiger partial charge on any atom is -0.478 e. The number of hydrogen-bond donors (Lipinski definition) is 1. The SMILES string of the molecule is CCNCc1ccc([N+](=O)[O-])c(OCc2nnn(C)n2)c1. The Bertz CT molecular complexity index is 627. The third-order valence-corrected chi connectivity index (χ3v) is 2.71. The third kappa shape index (κ3) is 3.96. The number of nitrogens with zero attached hydrogens (tertiary/aromatic N) is 5. The van der Waals surface area contributed by atoms with E-state index in [-0.39, 0.29) is 18.0 Å². The molecule has 0 saturated carbocycles. The lowest BCUT2D eigenvalue weighted by molar-refractivity contribution is -0.386. The lowest BCUT2D eigenvalue weighted by atomic mass is 10.2. The molecule has 9 heteroatoms. The van der Waals surface area contributed by atoms with Crippen LogP contribution in [0.5, 0.6) is 5.75 Å². The molecule has 1 aromatic heterocycles. The van der Waals surface area contributed by atoms with Crippen molar-refractivity contribution >= 4 is 5.69 Å². The summed E-state index contributed by atoms with van der Waals surface area (Å²) in [6, 6.07) is 4.79. The maximum atomic E-state index is 11.0. The van der Waals surface area contributed by atoms with Crippen molar-refractivity contribution in [2.75, 3.05) is 6.54 Å². The Hall–Kier alpha value is -2.55. The monoisotopic (exact) mass is 292 g/mol. The van der Waals surface area contributed by atoms with Crippen molar-refractivity contribution in [3.8, 4) is 5.75 Å². The highest BCUT2D eigenvalue weighted by molar-refractivity contribution is 5.48. The molecule has 0 amide bonds. The second kappa shape index (κ2) is 6.75. The summed E-state index contributed by atoms with van der Waals surface area (Å²) in [7, 11) is 1.63. The summed E-state index contributed by atoms with van der Waals surface area (Å²) in [4.78, 5) is 11.8. The Morgan fingerprint density at radius 1 is 1.48 bits per heavy atom. The van der Waals surface area contributed by atoms with Crippen molar-refractivity contribution in [3.05, 3.63) is 39.7 Å². The Balaban J connectivity index is 2.15. The van der Waals surface area contributed by atoms with E-state index in [4.69, 9.17) is 4.74 Å². The molecule has 0 atom stereocenters. The van der Waals surface area contributed by atoms with Crippen LogP contribution in [0.4, 0.5) is 5.69 Å². The molecule has 0 radical (unpaired) electrons. The number of tetrazole rings is 1. The van der Waals surface area contributed by atoms with Crippen molar-refractivity contribution in [2.24, 2.45) is 7.05 Å². The molecule has 9 nitrogen and oxygen atoms in total. The van der Waals surface area contributed by atoms with Crippen molar-refractivity contribution in [1.29, 1.82) is 0 Å². The molecule has 1 aromatic carbocycles. The van der Waals surface area contributed by atoms with Gasteiger partial charge in [-0.2, -0.15) is 4.80 Å². The van der Waals surface area contributed by atoms with Gasteiger partial charge in [-0.05, 0) is 23.4 Å². The Kier molecular flexibility index (Phi) is 4.77. The Morgan fingerprint density at radius 3 is 2.90 bits per heavy atom. The van der Waals surface area contributed by atoms with Crippen LogP contribution < -0.4 is 10.1 Å². The van der Waals surface area contributed by atoms with Crippen molar-refractivity contribution < 1.29 is 9.66 Å². The Labute approximate surface area is 121 Å². The Morgan fingerprint density at radius 2 is 2.29 bits per heavy atom. The van der Waals surface area contributed by atoms with Crippen molar-refractivity contribution in [1.82, 2.24) is 25.5 Å². The highest BCUT2D eigenvalue weighted by atomic mass is 16.6. The van der Waals surface area contributed by atoms with Crippen molar-refractivity contribution in [2.45, 2.75) is 20.1 Å². The minimum absolute atomic E-state index is 0.0271. The summed E-state index contributed by atoms with van der Waals surface area (Å²) >= 11 is 0. The number of nitro groups is 1. The van der Waals surface area contributed by atoms with Crippen LogP contribution >= 0.6 is 0 Å². The molecule has 1 N–H and O–H groups in total. The van der Waals surface area contributed by atoms with E-state index in [9.17, 15) is 10.1 Å². The van der Waals surface area contributed by atoms with Crippen LogP contribution in [0, 0.1) is 10.1 Å². The van der Waals surface area contributed by atoms with E-state index < -0.39 is 4.92 Å². The molecule has 0 aliphatic heterocycles. The van der Waals surface area contributed by atoms with E-state index >= 15 is 0 Å². The number of benzene rings is 1.